The third kappa shape index (κ3) is 2.58. The van der Waals surface area contributed by atoms with E-state index in [0.29, 0.717) is 31.4 Å². The predicted octanol–water partition coefficient (Wildman–Crippen LogP) is 1.81. The van der Waals surface area contributed by atoms with Gasteiger partial charge in [-0.25, -0.2) is 0 Å². The molecule has 6 nitrogen and oxygen atoms in total. The van der Waals surface area contributed by atoms with Gasteiger partial charge in [-0.1, -0.05) is 0 Å². The quantitative estimate of drug-likeness (QED) is 0.882. The van der Waals surface area contributed by atoms with Gasteiger partial charge in [-0.2, -0.15) is 5.26 Å². The minimum atomic E-state index is -0.136. The molecule has 1 amide bonds. The maximum absolute atomic E-state index is 11.8. The Bertz CT molecular complexity index is 713. The first-order chi connectivity index (χ1) is 11.5. The van der Waals surface area contributed by atoms with Crippen molar-refractivity contribution in [1.82, 2.24) is 4.98 Å². The van der Waals surface area contributed by atoms with Crippen molar-refractivity contribution in [2.75, 3.05) is 11.9 Å². The molecule has 126 valence electrons. The number of pyridine rings is 1. The number of aryl methyl sites for hydroxylation is 1. The number of anilines is 1. The summed E-state index contributed by atoms with van der Waals surface area (Å²) in [4.78, 5) is 16.1. The lowest BCUT2D eigenvalue weighted by atomic mass is 9.69. The molecule has 2 bridgehead atoms. The average molecular weight is 326 g/mol. The molecule has 0 atom stereocenters. The van der Waals surface area contributed by atoms with Gasteiger partial charge in [0.25, 0.3) is 0 Å². The summed E-state index contributed by atoms with van der Waals surface area (Å²) in [7, 11) is 0. The first-order valence-corrected chi connectivity index (χ1v) is 8.66. The van der Waals surface area contributed by atoms with Crippen LogP contribution in [0.5, 0.6) is 0 Å². The molecule has 1 aromatic rings. The van der Waals surface area contributed by atoms with E-state index in [1.54, 1.807) is 6.20 Å². The second-order valence-corrected chi connectivity index (χ2v) is 7.47. The van der Waals surface area contributed by atoms with Crippen molar-refractivity contribution < 1.29 is 9.53 Å². The van der Waals surface area contributed by atoms with Gasteiger partial charge in [0.15, 0.2) is 0 Å². The highest BCUT2D eigenvalue weighted by Crippen LogP contribution is 2.45. The highest BCUT2D eigenvalue weighted by atomic mass is 16.5. The Balaban J connectivity index is 1.59. The summed E-state index contributed by atoms with van der Waals surface area (Å²) in [6.07, 6.45) is 8.25. The molecule has 24 heavy (non-hydrogen) atoms. The van der Waals surface area contributed by atoms with Crippen LogP contribution in [0, 0.1) is 11.3 Å². The lowest BCUT2D eigenvalue weighted by molar-refractivity contribution is -0.156. The Labute approximate surface area is 141 Å². The molecular weight excluding hydrogens is 304 g/mol. The van der Waals surface area contributed by atoms with Crippen LogP contribution in [0.2, 0.25) is 0 Å². The third-order valence-corrected chi connectivity index (χ3v) is 5.89. The predicted molar refractivity (Wildman–Crippen MR) is 88.3 cm³/mol. The summed E-state index contributed by atoms with van der Waals surface area (Å²) in [5.41, 5.74) is 9.12. The summed E-state index contributed by atoms with van der Waals surface area (Å²) >= 11 is 0. The number of nitrogens with zero attached hydrogens (tertiary/aromatic N) is 2. The summed E-state index contributed by atoms with van der Waals surface area (Å²) in [6, 6.07) is 2.22. The Morgan fingerprint density at radius 1 is 1.33 bits per heavy atom. The van der Waals surface area contributed by atoms with Crippen molar-refractivity contribution in [1.29, 1.82) is 5.26 Å². The highest BCUT2D eigenvalue weighted by molar-refractivity contribution is 5.94. The molecule has 4 heterocycles. The fourth-order valence-corrected chi connectivity index (χ4v) is 4.18. The van der Waals surface area contributed by atoms with Crippen LogP contribution in [0.25, 0.3) is 0 Å². The summed E-state index contributed by atoms with van der Waals surface area (Å²) < 4.78 is 6.12. The second-order valence-electron chi connectivity index (χ2n) is 7.47. The Hall–Kier alpha value is -1.97. The molecule has 5 rings (SSSR count). The molecule has 4 aliphatic rings. The lowest BCUT2D eigenvalue weighted by Gasteiger charge is -2.51. The zero-order valence-corrected chi connectivity index (χ0v) is 13.7. The number of amides is 1. The monoisotopic (exact) mass is 326 g/mol. The van der Waals surface area contributed by atoms with E-state index in [1.807, 2.05) is 0 Å². The zero-order valence-electron chi connectivity index (χ0n) is 13.7. The number of carbonyl (C=O) groups excluding carboxylic acids is 1. The number of ether oxygens (including phenoxy) is 1. The SMILES string of the molecule is N#Cc1cnc2c(c1CCC13CCC(N)(CC1)CO3)NC(=O)CC2. The second kappa shape index (κ2) is 5.54. The zero-order chi connectivity index (χ0) is 16.8. The molecule has 3 aliphatic heterocycles. The number of hydrogen-bond acceptors (Lipinski definition) is 5. The smallest absolute Gasteiger partial charge is 0.224 e. The number of hydrogen-bond donors (Lipinski definition) is 2. The van der Waals surface area contributed by atoms with Crippen LogP contribution < -0.4 is 11.1 Å². The molecule has 3 fully saturated rings. The van der Waals surface area contributed by atoms with Gasteiger partial charge in [0.05, 0.1) is 29.2 Å². The maximum atomic E-state index is 11.8. The van der Waals surface area contributed by atoms with Gasteiger partial charge in [-0.15, -0.1) is 0 Å². The van der Waals surface area contributed by atoms with E-state index in [2.05, 4.69) is 16.4 Å². The molecule has 0 spiro atoms. The van der Waals surface area contributed by atoms with Crippen molar-refractivity contribution in [3.8, 4) is 6.07 Å². The fraction of sp³-hybridized carbons (Fsp3) is 0.611. The van der Waals surface area contributed by atoms with Gasteiger partial charge in [0.2, 0.25) is 5.91 Å². The topological polar surface area (TPSA) is 101 Å². The van der Waals surface area contributed by atoms with Gasteiger partial charge >= 0.3 is 0 Å². The van der Waals surface area contributed by atoms with E-state index in [4.69, 9.17) is 10.5 Å². The summed E-state index contributed by atoms with van der Waals surface area (Å²) in [5.74, 6) is -0.00157. The Kier molecular flexibility index (Phi) is 3.59. The number of aromatic nitrogens is 1. The molecule has 0 aromatic carbocycles. The molecule has 0 unspecified atom stereocenters. The minimum Gasteiger partial charge on any atom is -0.373 e. The number of nitrogens with two attached hydrogens (primary N) is 1. The van der Waals surface area contributed by atoms with Crippen molar-refractivity contribution in [3.63, 3.8) is 0 Å². The van der Waals surface area contributed by atoms with E-state index < -0.39 is 0 Å². The van der Waals surface area contributed by atoms with Crippen molar-refractivity contribution >= 4 is 11.6 Å². The molecule has 3 N–H and O–H groups in total. The van der Waals surface area contributed by atoms with E-state index in [-0.39, 0.29) is 17.0 Å². The number of fused-ring (bicyclic) bond motifs is 4. The van der Waals surface area contributed by atoms with Crippen LogP contribution in [-0.2, 0) is 22.4 Å². The van der Waals surface area contributed by atoms with Crippen LogP contribution in [0.15, 0.2) is 6.20 Å². The van der Waals surface area contributed by atoms with Gasteiger partial charge in [-0.05, 0) is 44.1 Å². The van der Waals surface area contributed by atoms with E-state index in [0.717, 1.165) is 49.0 Å². The van der Waals surface area contributed by atoms with Crippen molar-refractivity contribution in [2.24, 2.45) is 5.73 Å². The first-order valence-electron chi connectivity index (χ1n) is 8.66. The minimum absolute atomic E-state index is 0.00157. The van der Waals surface area contributed by atoms with Crippen molar-refractivity contribution in [3.05, 3.63) is 23.0 Å². The van der Waals surface area contributed by atoms with E-state index >= 15 is 0 Å². The summed E-state index contributed by atoms with van der Waals surface area (Å²) in [6.45, 7) is 0.628. The Morgan fingerprint density at radius 2 is 2.12 bits per heavy atom. The number of nitriles is 1. The molecular formula is C18H22N4O2. The average Bonchev–Trinajstić information content (AvgIpc) is 2.61. The fourth-order valence-electron chi connectivity index (χ4n) is 4.18. The molecule has 1 aromatic heterocycles. The number of nitrogens with one attached hydrogen (secondary N) is 1. The standard InChI is InChI=1S/C18H22N4O2/c19-9-12-10-21-14-1-2-15(23)22-16(14)13(12)3-4-18-7-5-17(20,6-8-18)11-24-18/h10H,1-8,11,20H2,(H,22,23). The molecule has 6 heteroatoms. The summed E-state index contributed by atoms with van der Waals surface area (Å²) in [5, 5.41) is 12.4. The van der Waals surface area contributed by atoms with Crippen LogP contribution in [-0.4, -0.2) is 28.6 Å². The first kappa shape index (κ1) is 15.6. The molecule has 1 saturated carbocycles. The van der Waals surface area contributed by atoms with Gasteiger partial charge < -0.3 is 15.8 Å². The van der Waals surface area contributed by atoms with Crippen LogP contribution in [0.3, 0.4) is 0 Å². The number of rotatable bonds is 3. The normalized spacial score (nSPS) is 31.2. The lowest BCUT2D eigenvalue weighted by Crippen LogP contribution is -2.59. The van der Waals surface area contributed by atoms with Gasteiger partial charge in [0.1, 0.15) is 6.07 Å². The van der Waals surface area contributed by atoms with E-state index in [9.17, 15) is 10.1 Å². The van der Waals surface area contributed by atoms with Gasteiger partial charge in [0, 0.05) is 24.6 Å². The third-order valence-electron chi connectivity index (χ3n) is 5.89. The number of carbonyl (C=O) groups is 1. The molecule has 0 radical (unpaired) electrons. The van der Waals surface area contributed by atoms with Crippen molar-refractivity contribution in [2.45, 2.75) is 62.5 Å². The van der Waals surface area contributed by atoms with Crippen LogP contribution >= 0.6 is 0 Å². The maximum Gasteiger partial charge on any atom is 0.224 e. The van der Waals surface area contributed by atoms with Crippen LogP contribution in [0.4, 0.5) is 5.69 Å². The van der Waals surface area contributed by atoms with Crippen LogP contribution in [0.1, 0.15) is 55.3 Å². The highest BCUT2D eigenvalue weighted by Gasteiger charge is 2.47. The van der Waals surface area contributed by atoms with Gasteiger partial charge in [-0.3, -0.25) is 9.78 Å². The molecule has 1 aliphatic carbocycles. The largest absolute Gasteiger partial charge is 0.373 e. The Morgan fingerprint density at radius 3 is 2.79 bits per heavy atom. The van der Waals surface area contributed by atoms with E-state index in [1.165, 1.54) is 0 Å². The molecule has 2 saturated heterocycles.